The van der Waals surface area contributed by atoms with Crippen LogP contribution >= 0.6 is 0 Å². The van der Waals surface area contributed by atoms with Crippen molar-refractivity contribution in [3.8, 4) is 11.4 Å². The first-order valence-corrected chi connectivity index (χ1v) is 8.56. The number of aromatic nitrogens is 3. The Hall–Kier alpha value is -2.64. The zero-order valence-corrected chi connectivity index (χ0v) is 15.4. The molecule has 3 aromatic rings. The first kappa shape index (κ1) is 19.1. The predicted octanol–water partition coefficient (Wildman–Crippen LogP) is 4.77. The van der Waals surface area contributed by atoms with Crippen LogP contribution in [0, 0.1) is 12.7 Å². The van der Waals surface area contributed by atoms with E-state index < -0.39 is 23.1 Å². The van der Waals surface area contributed by atoms with Gasteiger partial charge < -0.3 is 0 Å². The number of alkyl halides is 3. The number of hydrogen-bond donors (Lipinski definition) is 0. The summed E-state index contributed by atoms with van der Waals surface area (Å²) in [5, 5.41) is 4.34. The number of benzene rings is 1. The molecule has 0 radical (unpaired) electrons. The minimum atomic E-state index is -4.78. The normalized spacial score (nSPS) is 12.3. The summed E-state index contributed by atoms with van der Waals surface area (Å²) in [6, 6.07) is 4.18. The molecule has 4 nitrogen and oxygen atoms in total. The fourth-order valence-electron chi connectivity index (χ4n) is 3.25. The van der Waals surface area contributed by atoms with Gasteiger partial charge >= 0.3 is 6.18 Å². The Labute approximate surface area is 153 Å². The van der Waals surface area contributed by atoms with Gasteiger partial charge in [-0.05, 0) is 49.6 Å². The van der Waals surface area contributed by atoms with Gasteiger partial charge in [-0.1, -0.05) is 13.8 Å². The summed E-state index contributed by atoms with van der Waals surface area (Å²) in [6.45, 7) is 7.39. The summed E-state index contributed by atoms with van der Waals surface area (Å²) < 4.78 is 56.4. The number of hydrogen-bond acceptors (Lipinski definition) is 2. The molecule has 3 rings (SSSR count). The van der Waals surface area contributed by atoms with Crippen molar-refractivity contribution in [2.24, 2.45) is 0 Å². The van der Waals surface area contributed by atoms with Crippen LogP contribution in [0.4, 0.5) is 17.6 Å². The van der Waals surface area contributed by atoms with E-state index in [0.29, 0.717) is 17.3 Å². The lowest BCUT2D eigenvalue weighted by Gasteiger charge is -2.17. The Kier molecular flexibility index (Phi) is 4.61. The van der Waals surface area contributed by atoms with Gasteiger partial charge in [0, 0.05) is 17.8 Å². The van der Waals surface area contributed by atoms with Gasteiger partial charge in [-0.3, -0.25) is 9.36 Å². The van der Waals surface area contributed by atoms with E-state index in [2.05, 4.69) is 5.10 Å². The molecule has 0 amide bonds. The zero-order valence-electron chi connectivity index (χ0n) is 15.4. The van der Waals surface area contributed by atoms with E-state index in [4.69, 9.17) is 0 Å². The highest BCUT2D eigenvalue weighted by molar-refractivity contribution is 5.64. The largest absolute Gasteiger partial charge is 0.417 e. The molecule has 0 atom stereocenters. The Bertz CT molecular complexity index is 1080. The maximum atomic E-state index is 13.5. The molecule has 0 unspecified atom stereocenters. The van der Waals surface area contributed by atoms with Gasteiger partial charge in [0.25, 0.3) is 5.56 Å². The summed E-state index contributed by atoms with van der Waals surface area (Å²) >= 11 is 0. The van der Waals surface area contributed by atoms with Crippen molar-refractivity contribution in [1.82, 2.24) is 14.2 Å². The molecule has 1 aromatic carbocycles. The van der Waals surface area contributed by atoms with Gasteiger partial charge in [0.2, 0.25) is 0 Å². The van der Waals surface area contributed by atoms with Crippen LogP contribution in [0.3, 0.4) is 0 Å². The van der Waals surface area contributed by atoms with Crippen LogP contribution in [-0.2, 0) is 12.7 Å². The summed E-state index contributed by atoms with van der Waals surface area (Å²) in [6.07, 6.45) is -4.78. The molecular formula is C19H19F4N3O. The molecule has 144 valence electrons. The van der Waals surface area contributed by atoms with E-state index in [0.717, 1.165) is 17.7 Å². The molecular weight excluding hydrogens is 362 g/mol. The molecule has 2 aromatic heterocycles. The van der Waals surface area contributed by atoms with E-state index in [1.165, 1.54) is 9.08 Å². The highest BCUT2D eigenvalue weighted by Gasteiger charge is 2.35. The van der Waals surface area contributed by atoms with Gasteiger partial charge in [-0.15, -0.1) is 5.10 Å². The summed E-state index contributed by atoms with van der Waals surface area (Å²) in [5.41, 5.74) is -0.130. The van der Waals surface area contributed by atoms with Crippen LogP contribution in [0.5, 0.6) is 0 Å². The first-order chi connectivity index (χ1) is 12.6. The van der Waals surface area contributed by atoms with Crippen molar-refractivity contribution in [2.75, 3.05) is 0 Å². The molecule has 0 aliphatic carbocycles. The number of nitrogens with zero attached hydrogens (tertiary/aromatic N) is 3. The zero-order chi connectivity index (χ0) is 20.1. The van der Waals surface area contributed by atoms with Crippen LogP contribution in [-0.4, -0.2) is 14.2 Å². The highest BCUT2D eigenvalue weighted by atomic mass is 19.4. The molecule has 27 heavy (non-hydrogen) atoms. The Morgan fingerprint density at radius 2 is 1.85 bits per heavy atom. The fourth-order valence-corrected chi connectivity index (χ4v) is 3.25. The fraction of sp³-hybridized carbons (Fsp3) is 0.368. The monoisotopic (exact) mass is 381 g/mol. The molecule has 2 heterocycles. The molecule has 0 fully saturated rings. The maximum absolute atomic E-state index is 13.5. The number of rotatable bonds is 3. The lowest BCUT2D eigenvalue weighted by molar-refractivity contribution is -0.137. The molecule has 0 aliphatic rings. The third-order valence-corrected chi connectivity index (χ3v) is 4.55. The maximum Gasteiger partial charge on any atom is 0.417 e. The standard InChI is InChI=1S/C19H19F4N3O/c1-5-25-17(13-7-6-12(20)9-15(13)19(21,22)23)24-26-11(4)8-14(10(2)3)16(26)18(25)27/h6-10H,5H2,1-4H3. The summed E-state index contributed by atoms with van der Waals surface area (Å²) in [7, 11) is 0. The van der Waals surface area contributed by atoms with Crippen LogP contribution in [0.2, 0.25) is 0 Å². The lowest BCUT2D eigenvalue weighted by Crippen LogP contribution is -2.27. The second-order valence-electron chi connectivity index (χ2n) is 6.72. The third kappa shape index (κ3) is 3.13. The molecule has 0 bridgehead atoms. The summed E-state index contributed by atoms with van der Waals surface area (Å²) in [5.74, 6) is -1.09. The van der Waals surface area contributed by atoms with Crippen molar-refractivity contribution in [3.05, 3.63) is 57.3 Å². The van der Waals surface area contributed by atoms with E-state index in [9.17, 15) is 22.4 Å². The predicted molar refractivity (Wildman–Crippen MR) is 94.3 cm³/mol. The van der Waals surface area contributed by atoms with Crippen LogP contribution < -0.4 is 5.56 Å². The molecule has 0 saturated carbocycles. The average molecular weight is 381 g/mol. The minimum absolute atomic E-state index is 0.0518. The number of halogens is 4. The highest BCUT2D eigenvalue weighted by Crippen LogP contribution is 2.37. The van der Waals surface area contributed by atoms with Crippen molar-refractivity contribution in [3.63, 3.8) is 0 Å². The first-order valence-electron chi connectivity index (χ1n) is 8.56. The quantitative estimate of drug-likeness (QED) is 0.613. The third-order valence-electron chi connectivity index (χ3n) is 4.55. The number of fused-ring (bicyclic) bond motifs is 1. The SMILES string of the molecule is CCn1c(-c2ccc(F)cc2C(F)(F)F)nn2c(C)cc(C(C)C)c2c1=O. The van der Waals surface area contributed by atoms with Gasteiger partial charge in [-0.2, -0.15) is 13.2 Å². The second kappa shape index (κ2) is 6.51. The van der Waals surface area contributed by atoms with Gasteiger partial charge in [-0.25, -0.2) is 8.91 Å². The Balaban J connectivity index is 2.45. The minimum Gasteiger partial charge on any atom is -0.290 e. The molecule has 0 N–H and O–H groups in total. The molecule has 8 heteroatoms. The molecule has 0 saturated heterocycles. The Morgan fingerprint density at radius 3 is 2.41 bits per heavy atom. The second-order valence-corrected chi connectivity index (χ2v) is 6.72. The number of aryl methyl sites for hydroxylation is 1. The van der Waals surface area contributed by atoms with E-state index in [1.807, 2.05) is 19.9 Å². The van der Waals surface area contributed by atoms with Crippen molar-refractivity contribution < 1.29 is 17.6 Å². The Morgan fingerprint density at radius 1 is 1.19 bits per heavy atom. The van der Waals surface area contributed by atoms with Gasteiger partial charge in [0.1, 0.15) is 11.3 Å². The molecule has 0 aliphatic heterocycles. The van der Waals surface area contributed by atoms with Crippen LogP contribution in [0.15, 0.2) is 29.1 Å². The molecule has 0 spiro atoms. The van der Waals surface area contributed by atoms with Crippen molar-refractivity contribution in [2.45, 2.75) is 46.3 Å². The lowest BCUT2D eigenvalue weighted by atomic mass is 10.0. The smallest absolute Gasteiger partial charge is 0.290 e. The van der Waals surface area contributed by atoms with Gasteiger partial charge in [0.05, 0.1) is 5.56 Å². The van der Waals surface area contributed by atoms with Crippen LogP contribution in [0.25, 0.3) is 16.9 Å². The van der Waals surface area contributed by atoms with Crippen LogP contribution in [0.1, 0.15) is 43.5 Å². The van der Waals surface area contributed by atoms with Crippen molar-refractivity contribution in [1.29, 1.82) is 0 Å². The van der Waals surface area contributed by atoms with E-state index in [1.54, 1.807) is 13.8 Å². The average Bonchev–Trinajstić information content (AvgIpc) is 2.91. The topological polar surface area (TPSA) is 39.3 Å². The van der Waals surface area contributed by atoms with E-state index in [-0.39, 0.29) is 23.9 Å². The van der Waals surface area contributed by atoms with Crippen molar-refractivity contribution >= 4 is 5.52 Å². The van der Waals surface area contributed by atoms with Gasteiger partial charge in [0.15, 0.2) is 5.82 Å². The van der Waals surface area contributed by atoms with E-state index >= 15 is 0 Å². The summed E-state index contributed by atoms with van der Waals surface area (Å²) in [4.78, 5) is 13.1.